The van der Waals surface area contributed by atoms with E-state index in [9.17, 15) is 9.18 Å². The van der Waals surface area contributed by atoms with E-state index in [1.54, 1.807) is 41.3 Å². The van der Waals surface area contributed by atoms with Gasteiger partial charge in [-0.05, 0) is 48.0 Å². The van der Waals surface area contributed by atoms with Gasteiger partial charge < -0.3 is 18.9 Å². The van der Waals surface area contributed by atoms with E-state index < -0.39 is 0 Å². The van der Waals surface area contributed by atoms with E-state index in [-0.39, 0.29) is 18.5 Å². The van der Waals surface area contributed by atoms with Crippen LogP contribution in [0.4, 0.5) is 4.39 Å². The maximum Gasteiger partial charge on any atom is 0.254 e. The number of hydrogen-bond donors (Lipinski definition) is 0. The summed E-state index contributed by atoms with van der Waals surface area (Å²) in [5, 5.41) is 0. The van der Waals surface area contributed by atoms with Crippen LogP contribution in [0.25, 0.3) is 0 Å². The lowest BCUT2D eigenvalue weighted by molar-refractivity contribution is 0.0759. The van der Waals surface area contributed by atoms with Crippen molar-refractivity contribution in [3.8, 4) is 11.5 Å². The second kappa shape index (κ2) is 8.22. The molecule has 0 aliphatic carbocycles. The molecule has 148 valence electrons. The van der Waals surface area contributed by atoms with Crippen molar-refractivity contribution in [1.82, 2.24) is 9.47 Å². The Balaban J connectivity index is 1.53. The highest BCUT2D eigenvalue weighted by Gasteiger charge is 2.20. The molecule has 5 nitrogen and oxygen atoms in total. The first kappa shape index (κ1) is 18.8. The molecule has 0 saturated heterocycles. The molecule has 0 unspecified atom stereocenters. The van der Waals surface area contributed by atoms with Crippen molar-refractivity contribution >= 4 is 5.91 Å². The van der Waals surface area contributed by atoms with Crippen LogP contribution in [0.1, 0.15) is 21.6 Å². The van der Waals surface area contributed by atoms with Gasteiger partial charge in [-0.15, -0.1) is 6.58 Å². The Bertz CT molecular complexity index is 1030. The molecule has 1 aliphatic rings. The fourth-order valence-electron chi connectivity index (χ4n) is 3.32. The van der Waals surface area contributed by atoms with Gasteiger partial charge in [-0.1, -0.05) is 18.2 Å². The van der Waals surface area contributed by atoms with Crippen LogP contribution in [0.3, 0.4) is 0 Å². The first-order chi connectivity index (χ1) is 14.1. The highest BCUT2D eigenvalue weighted by atomic mass is 19.1. The minimum atomic E-state index is -0.257. The molecule has 1 aliphatic heterocycles. The number of benzene rings is 2. The Morgan fingerprint density at radius 2 is 1.93 bits per heavy atom. The summed E-state index contributed by atoms with van der Waals surface area (Å²) < 4.78 is 25.9. The Kier molecular flexibility index (Phi) is 5.33. The van der Waals surface area contributed by atoms with Gasteiger partial charge in [0, 0.05) is 30.5 Å². The number of amides is 1. The van der Waals surface area contributed by atoms with E-state index >= 15 is 0 Å². The first-order valence-electron chi connectivity index (χ1n) is 9.32. The first-order valence-corrected chi connectivity index (χ1v) is 9.32. The van der Waals surface area contributed by atoms with Crippen LogP contribution in [0.5, 0.6) is 11.5 Å². The van der Waals surface area contributed by atoms with Gasteiger partial charge in [0.05, 0.1) is 6.54 Å². The van der Waals surface area contributed by atoms with E-state index in [4.69, 9.17) is 9.47 Å². The zero-order valence-electron chi connectivity index (χ0n) is 15.9. The lowest BCUT2D eigenvalue weighted by atomic mass is 10.1. The largest absolute Gasteiger partial charge is 0.454 e. The average Bonchev–Trinajstić information content (AvgIpc) is 3.37. The number of rotatable bonds is 7. The molecule has 1 aromatic heterocycles. The zero-order valence-corrected chi connectivity index (χ0v) is 15.9. The van der Waals surface area contributed by atoms with E-state index in [1.165, 1.54) is 12.1 Å². The van der Waals surface area contributed by atoms with Gasteiger partial charge in [-0.25, -0.2) is 4.39 Å². The van der Waals surface area contributed by atoms with Crippen LogP contribution in [0.2, 0.25) is 0 Å². The molecule has 0 radical (unpaired) electrons. The number of hydrogen-bond acceptors (Lipinski definition) is 3. The maximum atomic E-state index is 13.2. The highest BCUT2D eigenvalue weighted by molar-refractivity contribution is 5.95. The Morgan fingerprint density at radius 3 is 2.72 bits per heavy atom. The molecule has 4 rings (SSSR count). The summed E-state index contributed by atoms with van der Waals surface area (Å²) in [6.07, 6.45) is 3.66. The van der Waals surface area contributed by atoms with Crippen molar-refractivity contribution in [2.45, 2.75) is 13.1 Å². The fourth-order valence-corrected chi connectivity index (χ4v) is 3.32. The summed E-state index contributed by atoms with van der Waals surface area (Å²) in [4.78, 5) is 14.8. The Morgan fingerprint density at radius 1 is 1.14 bits per heavy atom. The SMILES string of the molecule is C=CCN(Cc1cccn1Cc1ccc(F)cc1)C(=O)c1ccc2c(c1)OCO2. The normalized spacial score (nSPS) is 12.0. The van der Waals surface area contributed by atoms with Gasteiger partial charge in [0.2, 0.25) is 6.79 Å². The van der Waals surface area contributed by atoms with E-state index in [1.807, 2.05) is 18.3 Å². The molecule has 0 spiro atoms. The second-order valence-electron chi connectivity index (χ2n) is 6.80. The zero-order chi connectivity index (χ0) is 20.2. The van der Waals surface area contributed by atoms with Crippen LogP contribution in [0.15, 0.2) is 73.4 Å². The topological polar surface area (TPSA) is 43.7 Å². The minimum absolute atomic E-state index is 0.113. The fraction of sp³-hybridized carbons (Fsp3) is 0.174. The lowest BCUT2D eigenvalue weighted by Gasteiger charge is -2.22. The molecular formula is C23H21FN2O3. The lowest BCUT2D eigenvalue weighted by Crippen LogP contribution is -2.31. The monoisotopic (exact) mass is 392 g/mol. The molecule has 29 heavy (non-hydrogen) atoms. The molecule has 2 heterocycles. The number of aromatic nitrogens is 1. The molecule has 3 aromatic rings. The number of nitrogens with zero attached hydrogens (tertiary/aromatic N) is 2. The minimum Gasteiger partial charge on any atom is -0.454 e. The Labute approximate surface area is 168 Å². The van der Waals surface area contributed by atoms with Crippen LogP contribution in [0, 0.1) is 5.82 Å². The summed E-state index contributed by atoms with van der Waals surface area (Å²) in [6.45, 7) is 5.38. The summed E-state index contributed by atoms with van der Waals surface area (Å²) in [6, 6.07) is 15.5. The third kappa shape index (κ3) is 4.16. The molecule has 1 amide bonds. The van der Waals surface area contributed by atoms with E-state index in [0.717, 1.165) is 11.3 Å². The maximum absolute atomic E-state index is 13.2. The van der Waals surface area contributed by atoms with Gasteiger partial charge in [0.1, 0.15) is 5.82 Å². The molecule has 0 bridgehead atoms. The predicted molar refractivity (Wildman–Crippen MR) is 107 cm³/mol. The number of halogens is 1. The van der Waals surface area contributed by atoms with Gasteiger partial charge in [0.25, 0.3) is 5.91 Å². The average molecular weight is 392 g/mol. The van der Waals surface area contributed by atoms with Gasteiger partial charge in [-0.2, -0.15) is 0 Å². The van der Waals surface area contributed by atoms with E-state index in [2.05, 4.69) is 11.1 Å². The molecule has 0 saturated carbocycles. The molecule has 0 N–H and O–H groups in total. The number of carbonyl (C=O) groups excluding carboxylic acids is 1. The van der Waals surface area contributed by atoms with Gasteiger partial charge in [0.15, 0.2) is 11.5 Å². The van der Waals surface area contributed by atoms with Crippen LogP contribution in [-0.4, -0.2) is 28.7 Å². The smallest absolute Gasteiger partial charge is 0.254 e. The molecule has 0 atom stereocenters. The number of carbonyl (C=O) groups is 1. The van der Waals surface area contributed by atoms with Crippen LogP contribution < -0.4 is 9.47 Å². The second-order valence-corrected chi connectivity index (χ2v) is 6.80. The molecule has 0 fully saturated rings. The summed E-state index contributed by atoms with van der Waals surface area (Å²) >= 11 is 0. The van der Waals surface area contributed by atoms with Crippen molar-refractivity contribution in [3.63, 3.8) is 0 Å². The van der Waals surface area contributed by atoms with Crippen molar-refractivity contribution < 1.29 is 18.7 Å². The molecule has 2 aromatic carbocycles. The van der Waals surface area contributed by atoms with Crippen molar-refractivity contribution in [1.29, 1.82) is 0 Å². The third-order valence-corrected chi connectivity index (χ3v) is 4.80. The van der Waals surface area contributed by atoms with Crippen LogP contribution in [-0.2, 0) is 13.1 Å². The molecule has 6 heteroatoms. The van der Waals surface area contributed by atoms with Gasteiger partial charge >= 0.3 is 0 Å². The van der Waals surface area contributed by atoms with E-state index in [0.29, 0.717) is 36.7 Å². The number of ether oxygens (including phenoxy) is 2. The van der Waals surface area contributed by atoms with Gasteiger partial charge in [-0.3, -0.25) is 4.79 Å². The Hall–Kier alpha value is -3.54. The quantitative estimate of drug-likeness (QED) is 0.565. The number of fused-ring (bicyclic) bond motifs is 1. The third-order valence-electron chi connectivity index (χ3n) is 4.80. The van der Waals surface area contributed by atoms with Crippen molar-refractivity contribution in [2.24, 2.45) is 0 Å². The predicted octanol–water partition coefficient (Wildman–Crippen LogP) is 4.23. The standard InChI is InChI=1S/C23H21FN2O3/c1-2-11-26(23(27)18-7-10-21-22(13-18)29-16-28-21)15-20-4-3-12-25(20)14-17-5-8-19(24)9-6-17/h2-10,12-13H,1,11,14-16H2. The van der Waals surface area contributed by atoms with Crippen molar-refractivity contribution in [2.75, 3.05) is 13.3 Å². The summed E-state index contributed by atoms with van der Waals surface area (Å²) in [5.74, 6) is 0.852. The molecular weight excluding hydrogens is 371 g/mol. The van der Waals surface area contributed by atoms with Crippen molar-refractivity contribution in [3.05, 3.63) is 96.1 Å². The van der Waals surface area contributed by atoms with Crippen LogP contribution >= 0.6 is 0 Å². The summed E-state index contributed by atoms with van der Waals surface area (Å²) in [7, 11) is 0. The summed E-state index contributed by atoms with van der Waals surface area (Å²) in [5.41, 5.74) is 2.50. The highest BCUT2D eigenvalue weighted by Crippen LogP contribution is 2.33.